The van der Waals surface area contributed by atoms with Crippen LogP contribution in [0.5, 0.6) is 0 Å². The van der Waals surface area contributed by atoms with Crippen molar-refractivity contribution in [2.24, 2.45) is 0 Å². The minimum Gasteiger partial charge on any atom is -0.481 e. The Morgan fingerprint density at radius 3 is 2.33 bits per heavy atom. The van der Waals surface area contributed by atoms with Gasteiger partial charge >= 0.3 is 12.1 Å². The second kappa shape index (κ2) is 11.0. The summed E-state index contributed by atoms with van der Waals surface area (Å²) in [6.45, 7) is 3.48. The topological polar surface area (TPSA) is 102 Å². The molecular formula is C31H25ClN2O5. The molecule has 1 heterocycles. The number of halogens is 1. The molecule has 0 spiro atoms. The minimum atomic E-state index is -0.869. The number of fused-ring (bicyclic) bond motifs is 1. The van der Waals surface area contributed by atoms with E-state index in [-0.39, 0.29) is 6.42 Å². The number of carbonyl (C=O) groups excluding carboxylic acids is 1. The lowest BCUT2D eigenvalue weighted by Gasteiger charge is -2.15. The normalized spacial score (nSPS) is 11.8. The number of hydrogen-bond donors (Lipinski definition) is 2. The molecule has 39 heavy (non-hydrogen) atoms. The number of carboxylic acid groups (broad SMARTS) is 1. The number of rotatable bonds is 7. The zero-order valence-corrected chi connectivity index (χ0v) is 22.0. The fourth-order valence-electron chi connectivity index (χ4n) is 4.61. The van der Waals surface area contributed by atoms with Gasteiger partial charge in [-0.3, -0.25) is 10.1 Å². The van der Waals surface area contributed by atoms with Crippen LogP contribution in [0.4, 0.5) is 10.5 Å². The van der Waals surface area contributed by atoms with Gasteiger partial charge in [-0.2, -0.15) is 0 Å². The Balaban J connectivity index is 1.39. The molecule has 0 fully saturated rings. The van der Waals surface area contributed by atoms with Gasteiger partial charge in [-0.05, 0) is 47.4 Å². The lowest BCUT2D eigenvalue weighted by molar-refractivity contribution is -0.136. The van der Waals surface area contributed by atoms with E-state index in [2.05, 4.69) is 10.5 Å². The number of nitrogens with one attached hydrogen (secondary N) is 1. The highest BCUT2D eigenvalue weighted by molar-refractivity contribution is 6.31. The lowest BCUT2D eigenvalue weighted by atomic mass is 9.93. The van der Waals surface area contributed by atoms with Crippen LogP contribution >= 0.6 is 11.6 Å². The van der Waals surface area contributed by atoms with E-state index in [1.54, 1.807) is 26.0 Å². The van der Waals surface area contributed by atoms with Gasteiger partial charge < -0.3 is 14.4 Å². The highest BCUT2D eigenvalue weighted by atomic mass is 35.5. The van der Waals surface area contributed by atoms with E-state index in [1.165, 1.54) is 0 Å². The highest BCUT2D eigenvalue weighted by Crippen LogP contribution is 2.35. The van der Waals surface area contributed by atoms with Gasteiger partial charge in [-0.15, -0.1) is 0 Å². The molecule has 1 aromatic heterocycles. The van der Waals surface area contributed by atoms with E-state index in [1.807, 2.05) is 72.8 Å². The predicted molar refractivity (Wildman–Crippen MR) is 151 cm³/mol. The first-order valence-corrected chi connectivity index (χ1v) is 12.7. The molecule has 4 aromatic carbocycles. The SMILES string of the molecule is Cc1noc(-c2ccc(-c3ccc(CC(=O)O)c4ccccc34)cc2)c1NC(=O)O[C@H](C)c1ccccc1Cl. The Labute approximate surface area is 230 Å². The zero-order chi connectivity index (χ0) is 27.5. The van der Waals surface area contributed by atoms with Crippen molar-refractivity contribution in [3.63, 3.8) is 0 Å². The van der Waals surface area contributed by atoms with Gasteiger partial charge in [0.15, 0.2) is 5.76 Å². The summed E-state index contributed by atoms with van der Waals surface area (Å²) in [5.41, 5.74) is 5.06. The van der Waals surface area contributed by atoms with Crippen LogP contribution in [-0.2, 0) is 16.0 Å². The van der Waals surface area contributed by atoms with Gasteiger partial charge in [0.1, 0.15) is 17.5 Å². The third-order valence-electron chi connectivity index (χ3n) is 6.53. The van der Waals surface area contributed by atoms with Gasteiger partial charge in [0.2, 0.25) is 0 Å². The quantitative estimate of drug-likeness (QED) is 0.216. The molecule has 0 aliphatic rings. The fourth-order valence-corrected chi connectivity index (χ4v) is 4.90. The standard InChI is InChI=1S/C31H25ClN2O5/c1-18-29(33-31(37)38-19(2)23-7-5-6-10-27(23)32)30(39-34-18)21-13-11-20(12-14-21)25-16-15-22(17-28(35)36)24-8-3-4-9-26(24)25/h3-16,19H,17H2,1-2H3,(H,33,37)(H,35,36)/t19-/m1/s1. The van der Waals surface area contributed by atoms with Crippen molar-refractivity contribution in [1.29, 1.82) is 0 Å². The molecule has 5 aromatic rings. The number of ether oxygens (including phenoxy) is 1. The summed E-state index contributed by atoms with van der Waals surface area (Å²) in [5, 5.41) is 18.5. The number of aliphatic carboxylic acids is 1. The van der Waals surface area contributed by atoms with Crippen LogP contribution in [0.15, 0.2) is 89.5 Å². The molecule has 7 nitrogen and oxygen atoms in total. The van der Waals surface area contributed by atoms with Crippen LogP contribution < -0.4 is 5.32 Å². The number of aryl methyl sites for hydroxylation is 1. The maximum absolute atomic E-state index is 12.7. The molecule has 1 amide bonds. The van der Waals surface area contributed by atoms with Gasteiger partial charge in [-0.1, -0.05) is 95.6 Å². The summed E-state index contributed by atoms with van der Waals surface area (Å²) in [6.07, 6.45) is -1.25. The van der Waals surface area contributed by atoms with E-state index in [0.29, 0.717) is 27.7 Å². The van der Waals surface area contributed by atoms with Gasteiger partial charge in [0, 0.05) is 16.1 Å². The van der Waals surface area contributed by atoms with Gasteiger partial charge in [-0.25, -0.2) is 4.79 Å². The average molecular weight is 541 g/mol. The van der Waals surface area contributed by atoms with E-state index >= 15 is 0 Å². The number of anilines is 1. The van der Waals surface area contributed by atoms with Crippen molar-refractivity contribution >= 4 is 40.1 Å². The average Bonchev–Trinajstić information content (AvgIpc) is 3.28. The minimum absolute atomic E-state index is 0.0417. The maximum Gasteiger partial charge on any atom is 0.412 e. The predicted octanol–water partition coefficient (Wildman–Crippen LogP) is 8.06. The Hall–Kier alpha value is -4.62. The van der Waals surface area contributed by atoms with Crippen LogP contribution in [0, 0.1) is 6.92 Å². The number of carbonyl (C=O) groups is 2. The summed E-state index contributed by atoms with van der Waals surface area (Å²) in [4.78, 5) is 24.0. The number of nitrogens with zero attached hydrogens (tertiary/aromatic N) is 1. The van der Waals surface area contributed by atoms with Crippen LogP contribution in [-0.4, -0.2) is 22.3 Å². The first-order chi connectivity index (χ1) is 18.8. The first kappa shape index (κ1) is 26.0. The van der Waals surface area contributed by atoms with Crippen molar-refractivity contribution in [1.82, 2.24) is 5.16 Å². The van der Waals surface area contributed by atoms with Gasteiger partial charge in [0.05, 0.1) is 6.42 Å². The first-order valence-electron chi connectivity index (χ1n) is 12.3. The van der Waals surface area contributed by atoms with Crippen molar-refractivity contribution in [2.75, 3.05) is 5.32 Å². The Bertz CT molecular complexity index is 1680. The van der Waals surface area contributed by atoms with Crippen molar-refractivity contribution in [3.05, 3.63) is 107 Å². The summed E-state index contributed by atoms with van der Waals surface area (Å²) in [5.74, 6) is -0.464. The Morgan fingerprint density at radius 2 is 1.62 bits per heavy atom. The molecule has 1 atom stereocenters. The van der Waals surface area contributed by atoms with E-state index in [9.17, 15) is 14.7 Å². The summed E-state index contributed by atoms with van der Waals surface area (Å²) < 4.78 is 11.1. The number of aromatic nitrogens is 1. The molecule has 0 unspecified atom stereocenters. The smallest absolute Gasteiger partial charge is 0.412 e. The fraction of sp³-hybridized carbons (Fsp3) is 0.129. The molecule has 2 N–H and O–H groups in total. The Kier molecular flexibility index (Phi) is 7.34. The molecule has 196 valence electrons. The van der Waals surface area contributed by atoms with Crippen LogP contribution in [0.25, 0.3) is 33.2 Å². The zero-order valence-electron chi connectivity index (χ0n) is 21.3. The molecule has 0 radical (unpaired) electrons. The highest BCUT2D eigenvalue weighted by Gasteiger charge is 2.21. The molecule has 0 aliphatic heterocycles. The second-order valence-corrected chi connectivity index (χ2v) is 9.54. The third kappa shape index (κ3) is 5.49. The molecule has 8 heteroatoms. The summed E-state index contributed by atoms with van der Waals surface area (Å²) >= 11 is 6.23. The third-order valence-corrected chi connectivity index (χ3v) is 6.88. The lowest BCUT2D eigenvalue weighted by Crippen LogP contribution is -2.17. The molecule has 0 saturated heterocycles. The molecule has 0 saturated carbocycles. The van der Waals surface area contributed by atoms with E-state index in [0.717, 1.165) is 33.0 Å². The van der Waals surface area contributed by atoms with Crippen LogP contribution in [0.1, 0.15) is 29.8 Å². The molecule has 0 aliphatic carbocycles. The summed E-state index contributed by atoms with van der Waals surface area (Å²) in [6, 6.07) is 26.4. The molecule has 0 bridgehead atoms. The van der Waals surface area contributed by atoms with Gasteiger partial charge in [0.25, 0.3) is 0 Å². The molecule has 5 rings (SSSR count). The van der Waals surface area contributed by atoms with Crippen molar-refractivity contribution < 1.29 is 24.0 Å². The van der Waals surface area contributed by atoms with Crippen molar-refractivity contribution in [3.8, 4) is 22.5 Å². The van der Waals surface area contributed by atoms with Crippen LogP contribution in [0.2, 0.25) is 5.02 Å². The van der Waals surface area contributed by atoms with E-state index in [4.69, 9.17) is 20.9 Å². The largest absolute Gasteiger partial charge is 0.481 e. The number of carboxylic acids is 1. The van der Waals surface area contributed by atoms with Crippen LogP contribution in [0.3, 0.4) is 0 Å². The number of benzene rings is 4. The Morgan fingerprint density at radius 1 is 0.949 bits per heavy atom. The van der Waals surface area contributed by atoms with E-state index < -0.39 is 18.2 Å². The number of amides is 1. The number of hydrogen-bond acceptors (Lipinski definition) is 5. The maximum atomic E-state index is 12.7. The monoisotopic (exact) mass is 540 g/mol. The molecular weight excluding hydrogens is 516 g/mol. The van der Waals surface area contributed by atoms with Crippen molar-refractivity contribution in [2.45, 2.75) is 26.4 Å². The second-order valence-electron chi connectivity index (χ2n) is 9.13. The summed E-state index contributed by atoms with van der Waals surface area (Å²) in [7, 11) is 0.